The zero-order valence-corrected chi connectivity index (χ0v) is 0. The Morgan fingerprint density at radius 1 is 0.750 bits per heavy atom. The summed E-state index contributed by atoms with van der Waals surface area (Å²) in [4.78, 5) is 0. The summed E-state index contributed by atoms with van der Waals surface area (Å²) in [6, 6.07) is 0. The molecule has 0 bridgehead atoms. The summed E-state index contributed by atoms with van der Waals surface area (Å²) in [5.41, 5.74) is 0. The third kappa shape index (κ3) is 8.98. The molecule has 0 fully saturated rings. The van der Waals surface area contributed by atoms with E-state index in [4.69, 9.17) is 0 Å². The molecule has 0 N–H and O–H groups in total. The van der Waals surface area contributed by atoms with E-state index in [2.05, 4.69) is 0 Å². The van der Waals surface area contributed by atoms with Crippen LogP contribution in [0.25, 0.3) is 0 Å². The second kappa shape index (κ2) is 19.8. The molecule has 0 aromatic heterocycles. The van der Waals surface area contributed by atoms with Gasteiger partial charge in [0.2, 0.25) is 0 Å². The smallest absolute Gasteiger partial charge is 0.316 e. The molecule has 0 spiro atoms. The van der Waals surface area contributed by atoms with Crippen LogP contribution in [0, 0.1) is 0 Å². The first-order valence-electron chi connectivity index (χ1n) is 0. The van der Waals surface area contributed by atoms with Crippen LogP contribution >= 0.6 is 0 Å². The van der Waals surface area contributed by atoms with Crippen molar-refractivity contribution in [2.24, 2.45) is 0 Å². The quantitative estimate of drug-likeness (QED) is 0.358. The first-order valence-corrected chi connectivity index (χ1v) is 0. The van der Waals surface area contributed by atoms with Crippen LogP contribution in [-0.2, 0) is 0 Å². The Kier molecular flexibility index (Phi) is 184. The minimum absolute atomic E-state index is 0. The summed E-state index contributed by atoms with van der Waals surface area (Å²) in [5, 5.41) is 0. The van der Waals surface area contributed by atoms with Gasteiger partial charge in [0.25, 0.3) is 0 Å². The molecule has 0 atom stereocenters. The zero-order chi connectivity index (χ0) is 0. The fourth-order valence-electron chi connectivity index (χ4n) is 0. The average molecular weight is 101 g/mol. The van der Waals surface area contributed by atoms with Gasteiger partial charge in [0, 0.05) is 0 Å². The summed E-state index contributed by atoms with van der Waals surface area (Å²) in [5.74, 6) is 0. The summed E-state index contributed by atoms with van der Waals surface area (Å²) < 4.78 is 0. The van der Waals surface area contributed by atoms with Crippen LogP contribution in [0.3, 0.4) is 0 Å². The van der Waals surface area contributed by atoms with E-state index < -0.39 is 0 Å². The van der Waals surface area contributed by atoms with Gasteiger partial charge in [-0.15, -0.1) is 0 Å². The van der Waals surface area contributed by atoms with E-state index in [1.54, 1.807) is 0 Å². The van der Waals surface area contributed by atoms with Crippen molar-refractivity contribution < 1.29 is 0 Å². The average Bonchev–Trinajstić information content (AvgIpc) is 0. The van der Waals surface area contributed by atoms with Gasteiger partial charge in [-0.3, -0.25) is 0 Å². The molecule has 4 heavy (non-hydrogen) atoms. The van der Waals surface area contributed by atoms with Crippen molar-refractivity contribution in [1.82, 2.24) is 0 Å². The maximum Gasteiger partial charge on any atom is 0.316 e. The molecular weight excluding hydrogens is 88.4 g/mol. The van der Waals surface area contributed by atoms with Gasteiger partial charge in [-0.2, -0.15) is 0 Å². The largest absolute Gasteiger partial charge is 0.316 e. The van der Waals surface area contributed by atoms with Crippen LogP contribution in [0.1, 0.15) is 14.9 Å². The molecule has 0 aliphatic rings. The first-order chi connectivity index (χ1) is 0. The van der Waals surface area contributed by atoms with Gasteiger partial charge in [0.05, 0.1) is 0 Å². The molecule has 0 heterocycles. The molecule has 0 aliphatic heterocycles. The number of hydrogen-bond acceptors (Lipinski definition) is 0. The van der Waals surface area contributed by atoms with Gasteiger partial charge < -0.3 is 0 Å². The van der Waals surface area contributed by atoms with E-state index in [1.807, 2.05) is 0 Å². The third-order valence-electron chi connectivity index (χ3n) is 0. The van der Waals surface area contributed by atoms with Crippen LogP contribution in [-0.4, -0.2) is 60.8 Å². The van der Waals surface area contributed by atoms with E-state index in [9.17, 15) is 0 Å². The molecule has 0 saturated heterocycles. The minimum atomic E-state index is 0. The fraction of sp³-hybridized carbons (Fsp3) is 1.00. The summed E-state index contributed by atoms with van der Waals surface area (Å²) in [6.07, 6.45) is 0. The van der Waals surface area contributed by atoms with Crippen molar-refractivity contribution in [2.45, 2.75) is 14.9 Å². The Bertz CT molecular complexity index is 6.00. The van der Waals surface area contributed by atoms with E-state index >= 15 is 0 Å². The van der Waals surface area contributed by atoms with Crippen molar-refractivity contribution in [1.29, 1.82) is 0 Å². The minimum Gasteiger partial charge on any atom is 0.316 e. The second-order valence-electron chi connectivity index (χ2n) is 0. The normalized spacial score (nSPS) is 0. The molecule has 0 aliphatic carbocycles. The fourth-order valence-corrected chi connectivity index (χ4v) is 0. The van der Waals surface area contributed by atoms with Gasteiger partial charge in [0.1, 0.15) is 0 Å². The van der Waals surface area contributed by atoms with Crippen LogP contribution < -0.4 is 0 Å². The van der Waals surface area contributed by atoms with Gasteiger partial charge >= 0.3 is 60.8 Å². The first kappa shape index (κ1) is 37.1. The topological polar surface area (TPSA) is 0 Å². The Hall–Kier alpha value is 2.03. The monoisotopic (exact) mass is 100 g/mol. The van der Waals surface area contributed by atoms with Crippen LogP contribution in [0.2, 0.25) is 0 Å². The van der Waals surface area contributed by atoms with Gasteiger partial charge in [-0.1, -0.05) is 14.9 Å². The van der Waals surface area contributed by atoms with Crippen LogP contribution in [0.5, 0.6) is 0 Å². The Morgan fingerprint density at radius 2 is 0.750 bits per heavy atom. The van der Waals surface area contributed by atoms with Gasteiger partial charge in [-0.25, -0.2) is 0 Å². The third-order valence-corrected chi connectivity index (χ3v) is 0. The van der Waals surface area contributed by atoms with Crippen molar-refractivity contribution >= 4 is 60.8 Å². The maximum absolute atomic E-state index is 0. The molecule has 24 valence electrons. The molecule has 0 nitrogen and oxygen atoms in total. The molecule has 0 aromatic carbocycles. The van der Waals surface area contributed by atoms with Crippen molar-refractivity contribution in [3.05, 3.63) is 0 Å². The Labute approximate surface area is 74.5 Å². The molecule has 0 radical (unpaired) electrons. The molecule has 0 saturated carbocycles. The molecule has 2 heteroatoms. The molecule has 0 aromatic rings. The van der Waals surface area contributed by atoms with Crippen LogP contribution in [0.4, 0.5) is 0 Å². The zero-order valence-electron chi connectivity index (χ0n) is 0. The SMILES string of the molecule is C.C.[CaH2].[MgH2]. The predicted octanol–water partition coefficient (Wildman–Crippen LogP) is -0.560. The van der Waals surface area contributed by atoms with Gasteiger partial charge in [0.15, 0.2) is 0 Å². The van der Waals surface area contributed by atoms with E-state index in [1.165, 1.54) is 0 Å². The predicted molar refractivity (Wildman–Crippen MR) is 30.5 cm³/mol. The molecular formula is C2H12CaMg. The maximum atomic E-state index is 0. The second-order valence-corrected chi connectivity index (χ2v) is 0. The summed E-state index contributed by atoms with van der Waals surface area (Å²) in [7, 11) is 0. The molecule has 0 rings (SSSR count). The Morgan fingerprint density at radius 3 is 0.750 bits per heavy atom. The van der Waals surface area contributed by atoms with Crippen molar-refractivity contribution in [3.63, 3.8) is 0 Å². The molecule has 0 amide bonds. The van der Waals surface area contributed by atoms with E-state index in [-0.39, 0.29) is 75.6 Å². The number of hydrogen-bond donors (Lipinski definition) is 0. The number of rotatable bonds is 0. The Balaban J connectivity index is 0. The van der Waals surface area contributed by atoms with Gasteiger partial charge in [-0.05, 0) is 0 Å². The summed E-state index contributed by atoms with van der Waals surface area (Å²) >= 11 is 0. The standard InChI is InChI=1S/2CH4.Ca.Mg.4H/h2*1H4;;;;;;. The summed E-state index contributed by atoms with van der Waals surface area (Å²) in [6.45, 7) is 0. The van der Waals surface area contributed by atoms with Crippen LogP contribution in [0.15, 0.2) is 0 Å². The van der Waals surface area contributed by atoms with E-state index in [0.29, 0.717) is 0 Å². The molecule has 0 unspecified atom stereocenters. The van der Waals surface area contributed by atoms with E-state index in [0.717, 1.165) is 0 Å². The van der Waals surface area contributed by atoms with Crippen molar-refractivity contribution in [3.8, 4) is 0 Å². The van der Waals surface area contributed by atoms with Crippen molar-refractivity contribution in [2.75, 3.05) is 0 Å².